The number of ether oxygens (including phenoxy) is 2. The fraction of sp³-hybridized carbons (Fsp3) is 0.579. The lowest BCUT2D eigenvalue weighted by molar-refractivity contribution is -0.139. The molecule has 0 radical (unpaired) electrons. The second-order valence-electron chi connectivity index (χ2n) is 6.97. The fourth-order valence-corrected chi connectivity index (χ4v) is 3.84. The molecule has 1 aromatic carbocycles. The summed E-state index contributed by atoms with van der Waals surface area (Å²) in [7, 11) is 0. The van der Waals surface area contributed by atoms with E-state index in [2.05, 4.69) is 5.32 Å². The van der Waals surface area contributed by atoms with Gasteiger partial charge in [0, 0.05) is 18.2 Å². The maximum absolute atomic E-state index is 12.6. The van der Waals surface area contributed by atoms with Crippen LogP contribution in [0.5, 0.6) is 5.75 Å². The number of carbonyl (C=O) groups is 2. The van der Waals surface area contributed by atoms with Gasteiger partial charge in [-0.25, -0.2) is 4.79 Å². The molecule has 1 amide bonds. The van der Waals surface area contributed by atoms with Gasteiger partial charge >= 0.3 is 5.97 Å². The average molecular weight is 347 g/mol. The largest absolute Gasteiger partial charge is 0.482 e. The lowest BCUT2D eigenvalue weighted by Gasteiger charge is -2.43. The summed E-state index contributed by atoms with van der Waals surface area (Å²) in [5.74, 6) is -0.820. The molecular formula is C19H25NO5. The number of benzene rings is 1. The van der Waals surface area contributed by atoms with Gasteiger partial charge in [-0.15, -0.1) is 0 Å². The van der Waals surface area contributed by atoms with Crippen molar-refractivity contribution in [3.63, 3.8) is 0 Å². The molecule has 2 fully saturated rings. The van der Waals surface area contributed by atoms with E-state index in [-0.39, 0.29) is 17.6 Å². The van der Waals surface area contributed by atoms with Crippen LogP contribution in [0.3, 0.4) is 0 Å². The molecule has 0 bridgehead atoms. The monoisotopic (exact) mass is 347 g/mol. The minimum Gasteiger partial charge on any atom is -0.482 e. The maximum Gasteiger partial charge on any atom is 0.341 e. The van der Waals surface area contributed by atoms with Crippen molar-refractivity contribution in [3.05, 3.63) is 29.8 Å². The summed E-state index contributed by atoms with van der Waals surface area (Å²) in [4.78, 5) is 23.1. The predicted octanol–water partition coefficient (Wildman–Crippen LogP) is 2.76. The van der Waals surface area contributed by atoms with Gasteiger partial charge in [-0.1, -0.05) is 25.3 Å². The molecule has 136 valence electrons. The number of carbonyl (C=O) groups excluding carboxylic acids is 1. The lowest BCUT2D eigenvalue weighted by Crippen LogP contribution is -2.49. The Morgan fingerprint density at radius 2 is 2.08 bits per heavy atom. The Morgan fingerprint density at radius 3 is 2.84 bits per heavy atom. The Hall–Kier alpha value is -2.08. The third-order valence-corrected chi connectivity index (χ3v) is 5.05. The van der Waals surface area contributed by atoms with E-state index in [0.29, 0.717) is 17.9 Å². The molecule has 6 heteroatoms. The summed E-state index contributed by atoms with van der Waals surface area (Å²) in [5.41, 5.74) is 0.424. The Bertz CT molecular complexity index is 618. The van der Waals surface area contributed by atoms with Crippen molar-refractivity contribution in [3.8, 4) is 5.75 Å². The molecule has 1 spiro atoms. The second-order valence-corrected chi connectivity index (χ2v) is 6.97. The van der Waals surface area contributed by atoms with E-state index in [1.807, 2.05) is 0 Å². The minimum absolute atomic E-state index is 0.0547. The smallest absolute Gasteiger partial charge is 0.341 e. The third-order valence-electron chi connectivity index (χ3n) is 5.05. The number of amides is 1. The number of nitrogens with one attached hydrogen (secondary N) is 1. The number of hydrogen-bond donors (Lipinski definition) is 2. The third kappa shape index (κ3) is 4.72. The molecule has 2 aliphatic rings. The molecule has 1 atom stereocenters. The molecule has 3 rings (SSSR count). The van der Waals surface area contributed by atoms with Crippen molar-refractivity contribution in [2.75, 3.05) is 13.2 Å². The Labute approximate surface area is 147 Å². The second kappa shape index (κ2) is 7.87. The van der Waals surface area contributed by atoms with Gasteiger partial charge in [0.05, 0.1) is 5.60 Å². The number of hydrogen-bond acceptors (Lipinski definition) is 4. The average Bonchev–Trinajstić information content (AvgIpc) is 2.61. The van der Waals surface area contributed by atoms with Crippen molar-refractivity contribution >= 4 is 11.9 Å². The zero-order valence-corrected chi connectivity index (χ0v) is 14.3. The molecule has 1 aliphatic carbocycles. The molecule has 25 heavy (non-hydrogen) atoms. The lowest BCUT2D eigenvalue weighted by atomic mass is 9.78. The molecule has 1 aromatic rings. The van der Waals surface area contributed by atoms with E-state index >= 15 is 0 Å². The van der Waals surface area contributed by atoms with Gasteiger partial charge in [-0.2, -0.15) is 0 Å². The van der Waals surface area contributed by atoms with Crippen LogP contribution >= 0.6 is 0 Å². The van der Waals surface area contributed by atoms with E-state index in [9.17, 15) is 9.59 Å². The standard InChI is InChI=1S/C19H25NO5/c21-17(22)13-24-16-6-4-5-14(11-16)18(23)20-15-7-10-25-19(12-15)8-2-1-3-9-19/h4-6,11,15H,1-3,7-10,12-13H2,(H,20,23)(H,21,22). The van der Waals surface area contributed by atoms with Gasteiger partial charge in [0.15, 0.2) is 6.61 Å². The number of carboxylic acid groups (broad SMARTS) is 1. The Balaban J connectivity index is 1.59. The summed E-state index contributed by atoms with van der Waals surface area (Å²) in [6.07, 6.45) is 7.52. The van der Waals surface area contributed by atoms with E-state index in [0.717, 1.165) is 25.7 Å². The van der Waals surface area contributed by atoms with Crippen molar-refractivity contribution < 1.29 is 24.2 Å². The molecule has 1 unspecified atom stereocenters. The van der Waals surface area contributed by atoms with Crippen LogP contribution in [0.1, 0.15) is 55.3 Å². The highest BCUT2D eigenvalue weighted by Gasteiger charge is 2.38. The van der Waals surface area contributed by atoms with Crippen LogP contribution in [0.2, 0.25) is 0 Å². The Morgan fingerprint density at radius 1 is 1.28 bits per heavy atom. The normalized spacial score (nSPS) is 22.3. The first-order chi connectivity index (χ1) is 12.1. The highest BCUT2D eigenvalue weighted by molar-refractivity contribution is 5.94. The van der Waals surface area contributed by atoms with Crippen LogP contribution in [-0.4, -0.2) is 41.8 Å². The minimum atomic E-state index is -1.05. The van der Waals surface area contributed by atoms with Crippen molar-refractivity contribution in [1.82, 2.24) is 5.32 Å². The van der Waals surface area contributed by atoms with Crippen LogP contribution in [0.15, 0.2) is 24.3 Å². The first kappa shape index (κ1) is 17.7. The van der Waals surface area contributed by atoms with Gasteiger partial charge in [0.25, 0.3) is 5.91 Å². The zero-order valence-electron chi connectivity index (χ0n) is 14.3. The fourth-order valence-electron chi connectivity index (χ4n) is 3.84. The molecule has 1 saturated carbocycles. The van der Waals surface area contributed by atoms with E-state index in [1.165, 1.54) is 19.3 Å². The summed E-state index contributed by atoms with van der Waals surface area (Å²) in [5, 5.41) is 11.8. The molecule has 1 heterocycles. The van der Waals surface area contributed by atoms with E-state index in [4.69, 9.17) is 14.6 Å². The molecule has 1 aliphatic heterocycles. The highest BCUT2D eigenvalue weighted by atomic mass is 16.5. The van der Waals surface area contributed by atoms with Gasteiger partial charge in [0.1, 0.15) is 5.75 Å². The van der Waals surface area contributed by atoms with Crippen LogP contribution in [-0.2, 0) is 9.53 Å². The summed E-state index contributed by atoms with van der Waals surface area (Å²) in [6.45, 7) is 0.264. The number of aliphatic carboxylic acids is 1. The summed E-state index contributed by atoms with van der Waals surface area (Å²) >= 11 is 0. The van der Waals surface area contributed by atoms with Crippen LogP contribution in [0.4, 0.5) is 0 Å². The van der Waals surface area contributed by atoms with Gasteiger partial charge in [0.2, 0.25) is 0 Å². The van der Waals surface area contributed by atoms with Crippen LogP contribution < -0.4 is 10.1 Å². The van der Waals surface area contributed by atoms with E-state index < -0.39 is 12.6 Å². The van der Waals surface area contributed by atoms with Crippen molar-refractivity contribution in [2.24, 2.45) is 0 Å². The van der Waals surface area contributed by atoms with Gasteiger partial charge in [-0.3, -0.25) is 4.79 Å². The molecule has 0 aromatic heterocycles. The van der Waals surface area contributed by atoms with E-state index in [1.54, 1.807) is 24.3 Å². The first-order valence-electron chi connectivity index (χ1n) is 8.96. The molecule has 2 N–H and O–H groups in total. The number of carboxylic acids is 1. The topological polar surface area (TPSA) is 84.9 Å². The zero-order chi connectivity index (χ0) is 17.7. The van der Waals surface area contributed by atoms with Crippen molar-refractivity contribution in [2.45, 2.75) is 56.6 Å². The molecule has 6 nitrogen and oxygen atoms in total. The van der Waals surface area contributed by atoms with Gasteiger partial charge in [-0.05, 0) is 43.9 Å². The van der Waals surface area contributed by atoms with Crippen molar-refractivity contribution in [1.29, 1.82) is 0 Å². The van der Waals surface area contributed by atoms with Crippen LogP contribution in [0, 0.1) is 0 Å². The Kier molecular flexibility index (Phi) is 5.58. The maximum atomic E-state index is 12.6. The number of rotatable bonds is 5. The summed E-state index contributed by atoms with van der Waals surface area (Å²) < 4.78 is 11.2. The van der Waals surface area contributed by atoms with Crippen LogP contribution in [0.25, 0.3) is 0 Å². The molecular weight excluding hydrogens is 322 g/mol. The SMILES string of the molecule is O=C(O)COc1cccc(C(=O)NC2CCOC3(CCCCC3)C2)c1. The highest BCUT2D eigenvalue weighted by Crippen LogP contribution is 2.38. The first-order valence-corrected chi connectivity index (χ1v) is 8.96. The predicted molar refractivity (Wildman–Crippen MR) is 91.8 cm³/mol. The quantitative estimate of drug-likeness (QED) is 0.855. The van der Waals surface area contributed by atoms with Gasteiger partial charge < -0.3 is 19.9 Å². The molecule has 1 saturated heterocycles. The summed E-state index contributed by atoms with van der Waals surface area (Å²) in [6, 6.07) is 6.74.